The lowest BCUT2D eigenvalue weighted by Crippen LogP contribution is -2.37. The van der Waals surface area contributed by atoms with Crippen molar-refractivity contribution in [1.29, 1.82) is 0 Å². The van der Waals surface area contributed by atoms with E-state index in [4.69, 9.17) is 0 Å². The molecule has 0 saturated heterocycles. The zero-order chi connectivity index (χ0) is 13.9. The minimum Gasteiger partial charge on any atom is -0.351 e. The second kappa shape index (κ2) is 5.83. The van der Waals surface area contributed by atoms with E-state index in [0.29, 0.717) is 18.0 Å². The standard InChI is InChI=1S/C14H19BrFNO/c1-9(2)14(3,4)8-17-13(18)10-6-5-7-11(16)12(10)15/h5-7,9H,8H2,1-4H3,(H,17,18). The molecule has 1 N–H and O–H groups in total. The fourth-order valence-corrected chi connectivity index (χ4v) is 1.73. The average Bonchev–Trinajstić information content (AvgIpc) is 2.29. The maximum Gasteiger partial charge on any atom is 0.252 e. The third-order valence-corrected chi connectivity index (χ3v) is 4.27. The van der Waals surface area contributed by atoms with E-state index in [1.807, 2.05) is 0 Å². The van der Waals surface area contributed by atoms with E-state index in [-0.39, 0.29) is 15.8 Å². The van der Waals surface area contributed by atoms with E-state index in [1.54, 1.807) is 6.07 Å². The molecule has 0 atom stereocenters. The van der Waals surface area contributed by atoms with Crippen LogP contribution in [0, 0.1) is 17.2 Å². The van der Waals surface area contributed by atoms with Gasteiger partial charge in [-0.1, -0.05) is 33.8 Å². The van der Waals surface area contributed by atoms with Gasteiger partial charge in [-0.2, -0.15) is 0 Å². The Morgan fingerprint density at radius 3 is 2.61 bits per heavy atom. The Labute approximate surface area is 116 Å². The molecule has 1 amide bonds. The van der Waals surface area contributed by atoms with Crippen molar-refractivity contribution < 1.29 is 9.18 Å². The Bertz CT molecular complexity index is 443. The number of benzene rings is 1. The molecule has 4 heteroatoms. The van der Waals surface area contributed by atoms with Crippen molar-refractivity contribution in [2.45, 2.75) is 27.7 Å². The first kappa shape index (κ1) is 15.2. The molecule has 0 bridgehead atoms. The summed E-state index contributed by atoms with van der Waals surface area (Å²) in [5, 5.41) is 2.85. The number of carbonyl (C=O) groups is 1. The van der Waals surface area contributed by atoms with Gasteiger partial charge in [0, 0.05) is 6.54 Å². The highest BCUT2D eigenvalue weighted by Gasteiger charge is 2.23. The van der Waals surface area contributed by atoms with Crippen LogP contribution in [-0.2, 0) is 0 Å². The minimum absolute atomic E-state index is 0.00939. The Hall–Kier alpha value is -0.900. The SMILES string of the molecule is CC(C)C(C)(C)CNC(=O)c1cccc(F)c1Br. The second-order valence-electron chi connectivity index (χ2n) is 5.43. The summed E-state index contributed by atoms with van der Waals surface area (Å²) in [6.07, 6.45) is 0. The predicted octanol–water partition coefficient (Wildman–Crippen LogP) is 4.00. The molecule has 0 spiro atoms. The minimum atomic E-state index is -0.425. The number of carbonyl (C=O) groups excluding carboxylic acids is 1. The lowest BCUT2D eigenvalue weighted by molar-refractivity contribution is 0.0923. The molecule has 0 fully saturated rings. The summed E-state index contributed by atoms with van der Waals surface area (Å²) in [7, 11) is 0. The summed E-state index contributed by atoms with van der Waals surface area (Å²) in [5.74, 6) is -0.227. The van der Waals surface area contributed by atoms with Crippen LogP contribution in [0.3, 0.4) is 0 Å². The topological polar surface area (TPSA) is 29.1 Å². The Morgan fingerprint density at radius 1 is 1.44 bits per heavy atom. The molecule has 0 unspecified atom stereocenters. The van der Waals surface area contributed by atoms with Crippen molar-refractivity contribution in [2.24, 2.45) is 11.3 Å². The quantitative estimate of drug-likeness (QED) is 0.894. The second-order valence-corrected chi connectivity index (χ2v) is 6.22. The number of amides is 1. The summed E-state index contributed by atoms with van der Waals surface area (Å²) in [6, 6.07) is 4.45. The summed E-state index contributed by atoms with van der Waals surface area (Å²) in [5.41, 5.74) is 0.338. The van der Waals surface area contributed by atoms with Gasteiger partial charge in [0.15, 0.2) is 0 Å². The molecule has 0 saturated carbocycles. The van der Waals surface area contributed by atoms with Crippen LogP contribution in [0.5, 0.6) is 0 Å². The lowest BCUT2D eigenvalue weighted by atomic mass is 9.81. The maximum atomic E-state index is 13.3. The molecular weight excluding hydrogens is 297 g/mol. The van der Waals surface area contributed by atoms with Crippen LogP contribution in [0.25, 0.3) is 0 Å². The molecule has 0 aliphatic rings. The van der Waals surface area contributed by atoms with Crippen LogP contribution in [0.4, 0.5) is 4.39 Å². The molecule has 2 nitrogen and oxygen atoms in total. The number of halogens is 2. The average molecular weight is 316 g/mol. The largest absolute Gasteiger partial charge is 0.351 e. The van der Waals surface area contributed by atoms with Crippen molar-refractivity contribution >= 4 is 21.8 Å². The fraction of sp³-hybridized carbons (Fsp3) is 0.500. The lowest BCUT2D eigenvalue weighted by Gasteiger charge is -2.29. The highest BCUT2D eigenvalue weighted by molar-refractivity contribution is 9.10. The predicted molar refractivity (Wildman–Crippen MR) is 75.1 cm³/mol. The molecule has 1 aromatic carbocycles. The van der Waals surface area contributed by atoms with E-state index in [9.17, 15) is 9.18 Å². The molecule has 0 aliphatic carbocycles. The van der Waals surface area contributed by atoms with E-state index in [0.717, 1.165) is 0 Å². The van der Waals surface area contributed by atoms with E-state index in [1.165, 1.54) is 12.1 Å². The van der Waals surface area contributed by atoms with Gasteiger partial charge in [-0.05, 0) is 39.4 Å². The van der Waals surface area contributed by atoms with Crippen molar-refractivity contribution in [3.05, 3.63) is 34.1 Å². The normalized spacial score (nSPS) is 11.7. The van der Waals surface area contributed by atoms with Crippen molar-refractivity contribution in [3.63, 3.8) is 0 Å². The van der Waals surface area contributed by atoms with Crippen LogP contribution in [0.1, 0.15) is 38.1 Å². The summed E-state index contributed by atoms with van der Waals surface area (Å²) in [4.78, 5) is 12.0. The highest BCUT2D eigenvalue weighted by atomic mass is 79.9. The van der Waals surface area contributed by atoms with Crippen molar-refractivity contribution in [3.8, 4) is 0 Å². The van der Waals surface area contributed by atoms with Gasteiger partial charge in [-0.15, -0.1) is 0 Å². The molecule has 1 rings (SSSR count). The molecule has 0 radical (unpaired) electrons. The van der Waals surface area contributed by atoms with Crippen LogP contribution < -0.4 is 5.32 Å². The Balaban J connectivity index is 2.75. The monoisotopic (exact) mass is 315 g/mol. The summed E-state index contributed by atoms with van der Waals surface area (Å²) in [6.45, 7) is 8.98. The van der Waals surface area contributed by atoms with Gasteiger partial charge in [0.2, 0.25) is 0 Å². The number of hydrogen-bond donors (Lipinski definition) is 1. The van der Waals surface area contributed by atoms with Gasteiger partial charge in [0.05, 0.1) is 10.0 Å². The van der Waals surface area contributed by atoms with Gasteiger partial charge in [-0.25, -0.2) is 4.39 Å². The summed E-state index contributed by atoms with van der Waals surface area (Å²) < 4.78 is 13.5. The van der Waals surface area contributed by atoms with Gasteiger partial charge in [-0.3, -0.25) is 4.79 Å². The first-order chi connectivity index (χ1) is 8.25. The van der Waals surface area contributed by atoms with E-state index in [2.05, 4.69) is 48.9 Å². The number of hydrogen-bond acceptors (Lipinski definition) is 1. The third-order valence-electron chi connectivity index (χ3n) is 3.46. The Morgan fingerprint density at radius 2 is 2.06 bits per heavy atom. The molecule has 18 heavy (non-hydrogen) atoms. The number of rotatable bonds is 4. The van der Waals surface area contributed by atoms with Gasteiger partial charge < -0.3 is 5.32 Å². The zero-order valence-electron chi connectivity index (χ0n) is 11.2. The van der Waals surface area contributed by atoms with Gasteiger partial charge in [0.25, 0.3) is 5.91 Å². The maximum absolute atomic E-state index is 13.3. The van der Waals surface area contributed by atoms with Gasteiger partial charge >= 0.3 is 0 Å². The van der Waals surface area contributed by atoms with E-state index >= 15 is 0 Å². The molecule has 0 aromatic heterocycles. The molecular formula is C14H19BrFNO. The number of nitrogens with one attached hydrogen (secondary N) is 1. The summed E-state index contributed by atoms with van der Waals surface area (Å²) >= 11 is 3.09. The van der Waals surface area contributed by atoms with Crippen LogP contribution in [-0.4, -0.2) is 12.5 Å². The first-order valence-electron chi connectivity index (χ1n) is 5.98. The van der Waals surface area contributed by atoms with Crippen molar-refractivity contribution in [1.82, 2.24) is 5.32 Å². The van der Waals surface area contributed by atoms with Crippen LogP contribution >= 0.6 is 15.9 Å². The van der Waals surface area contributed by atoms with Crippen LogP contribution in [0.2, 0.25) is 0 Å². The molecule has 0 heterocycles. The first-order valence-corrected chi connectivity index (χ1v) is 6.77. The molecule has 1 aromatic rings. The van der Waals surface area contributed by atoms with Gasteiger partial charge in [0.1, 0.15) is 5.82 Å². The molecule has 100 valence electrons. The van der Waals surface area contributed by atoms with Crippen LogP contribution in [0.15, 0.2) is 22.7 Å². The Kier molecular flexibility index (Phi) is 4.91. The fourth-order valence-electron chi connectivity index (χ4n) is 1.29. The zero-order valence-corrected chi connectivity index (χ0v) is 12.8. The van der Waals surface area contributed by atoms with E-state index < -0.39 is 5.82 Å². The smallest absolute Gasteiger partial charge is 0.252 e. The van der Waals surface area contributed by atoms with Crippen molar-refractivity contribution in [2.75, 3.05) is 6.54 Å². The molecule has 0 aliphatic heterocycles. The highest BCUT2D eigenvalue weighted by Crippen LogP contribution is 2.25. The third kappa shape index (κ3) is 3.55.